The molecule has 1 fully saturated rings. The molecule has 0 saturated heterocycles. The van der Waals surface area contributed by atoms with Crippen LogP contribution >= 0.6 is 11.3 Å². The minimum Gasteiger partial charge on any atom is -0.338 e. The number of carbonyl (C=O) groups is 1. The first-order chi connectivity index (χ1) is 12.5. The minimum atomic E-state index is -3.51. The first-order valence-corrected chi connectivity index (χ1v) is 11.1. The van der Waals surface area contributed by atoms with E-state index in [-0.39, 0.29) is 17.0 Å². The maximum absolute atomic E-state index is 12.4. The highest BCUT2D eigenvalue weighted by Gasteiger charge is 2.22. The molecule has 6 nitrogen and oxygen atoms in total. The molecule has 8 heteroatoms. The molecular weight excluding hydrogens is 370 g/mol. The van der Waals surface area contributed by atoms with Crippen LogP contribution in [-0.4, -0.2) is 27.0 Å². The topological polar surface area (TPSA) is 87.3 Å². The van der Waals surface area contributed by atoms with Crippen LogP contribution in [0, 0.1) is 0 Å². The van der Waals surface area contributed by atoms with E-state index in [4.69, 9.17) is 0 Å². The summed E-state index contributed by atoms with van der Waals surface area (Å²) in [5.41, 5.74) is 1.75. The molecule has 0 radical (unpaired) electrons. The normalized spacial score (nSPS) is 15.1. The van der Waals surface area contributed by atoms with Crippen LogP contribution in [0.15, 0.2) is 46.0 Å². The zero-order valence-corrected chi connectivity index (χ0v) is 16.0. The van der Waals surface area contributed by atoms with E-state index >= 15 is 0 Å². The van der Waals surface area contributed by atoms with Crippen LogP contribution in [0.3, 0.4) is 0 Å². The van der Waals surface area contributed by atoms with Crippen molar-refractivity contribution >= 4 is 33.1 Å². The van der Waals surface area contributed by atoms with Crippen molar-refractivity contribution in [1.29, 1.82) is 0 Å². The van der Waals surface area contributed by atoms with E-state index in [2.05, 4.69) is 20.7 Å². The van der Waals surface area contributed by atoms with E-state index in [0.29, 0.717) is 12.2 Å². The van der Waals surface area contributed by atoms with Crippen LogP contribution < -0.4 is 15.4 Å². The predicted molar refractivity (Wildman–Crippen MR) is 104 cm³/mol. The number of benzene rings is 1. The van der Waals surface area contributed by atoms with Gasteiger partial charge in [0, 0.05) is 18.3 Å². The summed E-state index contributed by atoms with van der Waals surface area (Å²) in [4.78, 5) is 12.1. The van der Waals surface area contributed by atoms with Gasteiger partial charge in [0.15, 0.2) is 0 Å². The van der Waals surface area contributed by atoms with E-state index in [1.807, 2.05) is 11.4 Å². The Hall–Kier alpha value is -1.90. The van der Waals surface area contributed by atoms with Crippen molar-refractivity contribution in [3.05, 3.63) is 46.7 Å². The Balaban J connectivity index is 1.49. The van der Waals surface area contributed by atoms with Gasteiger partial charge >= 0.3 is 6.03 Å². The summed E-state index contributed by atoms with van der Waals surface area (Å²) < 4.78 is 27.5. The largest absolute Gasteiger partial charge is 0.338 e. The van der Waals surface area contributed by atoms with Crippen molar-refractivity contribution in [2.45, 2.75) is 43.0 Å². The number of anilines is 1. The first kappa shape index (κ1) is 18.9. The van der Waals surface area contributed by atoms with Gasteiger partial charge in [-0.1, -0.05) is 12.8 Å². The summed E-state index contributed by atoms with van der Waals surface area (Å²) in [6.07, 6.45) is 4.70. The highest BCUT2D eigenvalue weighted by Crippen LogP contribution is 2.21. The van der Waals surface area contributed by atoms with Gasteiger partial charge in [-0.2, -0.15) is 11.3 Å². The standard InChI is InChI=1S/C18H23N3O3S2/c22-18(19-11-9-14-10-12-25-13-14)20-15-5-7-17(8-6-15)26(23,24)21-16-3-1-2-4-16/h5-8,10,12-13,16,21H,1-4,9,11H2,(H2,19,20,22). The lowest BCUT2D eigenvalue weighted by Gasteiger charge is -2.13. The third-order valence-corrected chi connectivity index (χ3v) is 6.65. The van der Waals surface area contributed by atoms with Gasteiger partial charge in [0.1, 0.15) is 0 Å². The van der Waals surface area contributed by atoms with Crippen molar-refractivity contribution < 1.29 is 13.2 Å². The van der Waals surface area contributed by atoms with Crippen LogP contribution in [0.25, 0.3) is 0 Å². The number of amides is 2. The molecule has 1 saturated carbocycles. The van der Waals surface area contributed by atoms with Gasteiger partial charge in [0.2, 0.25) is 10.0 Å². The third-order valence-electron chi connectivity index (χ3n) is 4.38. The van der Waals surface area contributed by atoms with Gasteiger partial charge in [0.25, 0.3) is 0 Å². The van der Waals surface area contributed by atoms with E-state index in [1.54, 1.807) is 23.5 Å². The zero-order chi connectivity index (χ0) is 18.4. The monoisotopic (exact) mass is 393 g/mol. The smallest absolute Gasteiger partial charge is 0.319 e. The van der Waals surface area contributed by atoms with Gasteiger partial charge in [-0.05, 0) is 65.9 Å². The Labute approximate surface area is 158 Å². The van der Waals surface area contributed by atoms with Crippen molar-refractivity contribution in [2.24, 2.45) is 0 Å². The quantitative estimate of drug-likeness (QED) is 0.674. The number of hydrogen-bond donors (Lipinski definition) is 3. The first-order valence-electron chi connectivity index (χ1n) is 8.71. The molecule has 3 rings (SSSR count). The minimum absolute atomic E-state index is 0.0341. The van der Waals surface area contributed by atoms with Crippen molar-refractivity contribution in [1.82, 2.24) is 10.0 Å². The predicted octanol–water partition coefficient (Wildman–Crippen LogP) is 3.33. The fourth-order valence-electron chi connectivity index (χ4n) is 2.98. The average Bonchev–Trinajstić information content (AvgIpc) is 3.29. The second-order valence-corrected chi connectivity index (χ2v) is 8.88. The molecule has 0 atom stereocenters. The van der Waals surface area contributed by atoms with E-state index in [9.17, 15) is 13.2 Å². The van der Waals surface area contributed by atoms with E-state index < -0.39 is 10.0 Å². The number of hydrogen-bond acceptors (Lipinski definition) is 4. The molecule has 1 aromatic carbocycles. The molecule has 0 unspecified atom stereocenters. The molecule has 0 aliphatic heterocycles. The van der Waals surface area contributed by atoms with Gasteiger partial charge < -0.3 is 10.6 Å². The maximum atomic E-state index is 12.4. The summed E-state index contributed by atoms with van der Waals surface area (Å²) in [5, 5.41) is 9.56. The number of urea groups is 1. The summed E-state index contributed by atoms with van der Waals surface area (Å²) >= 11 is 1.63. The molecule has 2 aromatic rings. The Bertz CT molecular complexity index is 812. The summed E-state index contributed by atoms with van der Waals surface area (Å²) in [5.74, 6) is 0. The molecule has 26 heavy (non-hydrogen) atoms. The second kappa shape index (κ2) is 8.66. The molecule has 1 aromatic heterocycles. The SMILES string of the molecule is O=C(NCCc1ccsc1)Nc1ccc(S(=O)(=O)NC2CCCC2)cc1. The maximum Gasteiger partial charge on any atom is 0.319 e. The third kappa shape index (κ3) is 5.30. The Morgan fingerprint density at radius 1 is 1.12 bits per heavy atom. The van der Waals surface area contributed by atoms with Crippen LogP contribution in [0.4, 0.5) is 10.5 Å². The number of sulfonamides is 1. The molecule has 3 N–H and O–H groups in total. The fraction of sp³-hybridized carbons (Fsp3) is 0.389. The zero-order valence-electron chi connectivity index (χ0n) is 14.4. The number of rotatable bonds is 7. The Morgan fingerprint density at radius 3 is 2.50 bits per heavy atom. The van der Waals surface area contributed by atoms with Crippen LogP contribution in [0.5, 0.6) is 0 Å². The molecule has 1 heterocycles. The lowest BCUT2D eigenvalue weighted by molar-refractivity contribution is 0.252. The van der Waals surface area contributed by atoms with Crippen LogP contribution in [0.1, 0.15) is 31.2 Å². The highest BCUT2D eigenvalue weighted by atomic mass is 32.2. The molecule has 0 bridgehead atoms. The number of thiophene rings is 1. The fourth-order valence-corrected chi connectivity index (χ4v) is 4.99. The molecule has 1 aliphatic rings. The Morgan fingerprint density at radius 2 is 1.85 bits per heavy atom. The molecule has 2 amide bonds. The number of nitrogens with one attached hydrogen (secondary N) is 3. The van der Waals surface area contributed by atoms with E-state index in [1.165, 1.54) is 17.7 Å². The lowest BCUT2D eigenvalue weighted by atomic mass is 10.2. The van der Waals surface area contributed by atoms with Crippen molar-refractivity contribution in [2.75, 3.05) is 11.9 Å². The van der Waals surface area contributed by atoms with E-state index in [0.717, 1.165) is 32.1 Å². The van der Waals surface area contributed by atoms with Gasteiger partial charge in [-0.25, -0.2) is 17.9 Å². The van der Waals surface area contributed by atoms with Crippen molar-refractivity contribution in [3.8, 4) is 0 Å². The van der Waals surface area contributed by atoms with Crippen LogP contribution in [0.2, 0.25) is 0 Å². The average molecular weight is 394 g/mol. The van der Waals surface area contributed by atoms with Gasteiger partial charge in [-0.3, -0.25) is 0 Å². The highest BCUT2D eigenvalue weighted by molar-refractivity contribution is 7.89. The molecular formula is C18H23N3O3S2. The van der Waals surface area contributed by atoms with Gasteiger partial charge in [0.05, 0.1) is 4.90 Å². The van der Waals surface area contributed by atoms with Gasteiger partial charge in [-0.15, -0.1) is 0 Å². The Kier molecular flexibility index (Phi) is 6.29. The summed E-state index contributed by atoms with van der Waals surface area (Å²) in [7, 11) is -3.51. The van der Waals surface area contributed by atoms with Crippen LogP contribution in [-0.2, 0) is 16.4 Å². The second-order valence-electron chi connectivity index (χ2n) is 6.39. The summed E-state index contributed by atoms with van der Waals surface area (Å²) in [6.45, 7) is 0.542. The molecule has 1 aliphatic carbocycles. The number of carbonyl (C=O) groups excluding carboxylic acids is 1. The van der Waals surface area contributed by atoms with Crippen molar-refractivity contribution in [3.63, 3.8) is 0 Å². The molecule has 140 valence electrons. The summed E-state index contributed by atoms with van der Waals surface area (Å²) in [6, 6.07) is 7.98. The lowest BCUT2D eigenvalue weighted by Crippen LogP contribution is -2.32. The molecule has 0 spiro atoms.